The van der Waals surface area contributed by atoms with Gasteiger partial charge < -0.3 is 19.9 Å². The highest BCUT2D eigenvalue weighted by Gasteiger charge is 2.34. The molecule has 8 heteroatoms. The van der Waals surface area contributed by atoms with E-state index in [9.17, 15) is 9.90 Å². The van der Waals surface area contributed by atoms with Crippen LogP contribution in [0.5, 0.6) is 11.5 Å². The predicted molar refractivity (Wildman–Crippen MR) is 81.2 cm³/mol. The van der Waals surface area contributed by atoms with Gasteiger partial charge in [0.25, 0.3) is 0 Å². The molecule has 120 valence electrons. The number of methoxy groups -OCH3 is 2. The van der Waals surface area contributed by atoms with E-state index in [1.165, 1.54) is 26.6 Å². The van der Waals surface area contributed by atoms with Crippen LogP contribution in [0.15, 0.2) is 35.8 Å². The smallest absolute Gasteiger partial charge is 0.338 e. The van der Waals surface area contributed by atoms with Crippen molar-refractivity contribution in [3.63, 3.8) is 0 Å². The lowest BCUT2D eigenvalue weighted by Crippen LogP contribution is -2.29. The summed E-state index contributed by atoms with van der Waals surface area (Å²) in [5.74, 6) is 0.384. The van der Waals surface area contributed by atoms with Crippen LogP contribution in [0.4, 0.5) is 5.95 Å². The quantitative estimate of drug-likeness (QED) is 0.827. The van der Waals surface area contributed by atoms with Gasteiger partial charge in [-0.05, 0) is 24.6 Å². The summed E-state index contributed by atoms with van der Waals surface area (Å²) in [6.07, 6.45) is 1.40. The molecule has 2 aromatic rings. The Balaban J connectivity index is 2.19. The number of hydrogen-bond acceptors (Lipinski definition) is 7. The summed E-state index contributed by atoms with van der Waals surface area (Å²) >= 11 is 0. The number of phenols is 1. The molecule has 3 rings (SSSR count). The number of rotatable bonds is 3. The van der Waals surface area contributed by atoms with Crippen molar-refractivity contribution < 1.29 is 19.4 Å². The number of aromatic hydroxyl groups is 1. The minimum atomic E-state index is -0.532. The molecule has 0 saturated carbocycles. The first kappa shape index (κ1) is 14.9. The van der Waals surface area contributed by atoms with Crippen molar-refractivity contribution in [2.75, 3.05) is 19.5 Å². The Hall–Kier alpha value is -3.03. The number of fused-ring (bicyclic) bond motifs is 1. The Labute approximate surface area is 132 Å². The van der Waals surface area contributed by atoms with Gasteiger partial charge in [-0.15, -0.1) is 0 Å². The second kappa shape index (κ2) is 5.64. The average molecular weight is 316 g/mol. The maximum absolute atomic E-state index is 12.3. The van der Waals surface area contributed by atoms with E-state index in [0.29, 0.717) is 28.5 Å². The molecule has 0 unspecified atom stereocenters. The molecule has 1 aliphatic heterocycles. The van der Waals surface area contributed by atoms with Crippen LogP contribution >= 0.6 is 0 Å². The molecule has 1 aromatic carbocycles. The molecule has 0 amide bonds. The molecule has 0 bridgehead atoms. The van der Waals surface area contributed by atoms with E-state index < -0.39 is 12.0 Å². The van der Waals surface area contributed by atoms with E-state index >= 15 is 0 Å². The lowest BCUT2D eigenvalue weighted by Gasteiger charge is -2.28. The van der Waals surface area contributed by atoms with Crippen molar-refractivity contribution in [2.45, 2.75) is 13.0 Å². The zero-order valence-corrected chi connectivity index (χ0v) is 12.9. The summed E-state index contributed by atoms with van der Waals surface area (Å²) in [6, 6.07) is 4.34. The number of aromatic nitrogens is 3. The Morgan fingerprint density at radius 2 is 2.17 bits per heavy atom. The Bertz CT molecular complexity index is 797. The average Bonchev–Trinajstić information content (AvgIpc) is 3.01. The molecule has 23 heavy (non-hydrogen) atoms. The van der Waals surface area contributed by atoms with Crippen LogP contribution in [0, 0.1) is 0 Å². The van der Waals surface area contributed by atoms with E-state index in [0.717, 1.165) is 0 Å². The Morgan fingerprint density at radius 1 is 1.39 bits per heavy atom. The van der Waals surface area contributed by atoms with Gasteiger partial charge in [-0.3, -0.25) is 0 Å². The van der Waals surface area contributed by atoms with Crippen LogP contribution in [-0.2, 0) is 9.53 Å². The molecule has 1 atom stereocenters. The van der Waals surface area contributed by atoms with Crippen molar-refractivity contribution in [1.82, 2.24) is 14.8 Å². The van der Waals surface area contributed by atoms with Crippen LogP contribution in [0.25, 0.3) is 0 Å². The fraction of sp³-hybridized carbons (Fsp3) is 0.267. The van der Waals surface area contributed by atoms with Crippen LogP contribution < -0.4 is 10.1 Å². The molecule has 2 heterocycles. The first-order chi connectivity index (χ1) is 11.1. The normalized spacial score (nSPS) is 16.6. The monoisotopic (exact) mass is 316 g/mol. The zero-order valence-electron chi connectivity index (χ0n) is 12.9. The SMILES string of the molecule is COC(=O)C1=C(C)Nc2ncnn2[C@H]1c1ccc(O)c(OC)c1. The van der Waals surface area contributed by atoms with Gasteiger partial charge >= 0.3 is 5.97 Å². The molecule has 8 nitrogen and oxygen atoms in total. The van der Waals surface area contributed by atoms with Crippen molar-refractivity contribution in [1.29, 1.82) is 0 Å². The van der Waals surface area contributed by atoms with E-state index in [4.69, 9.17) is 9.47 Å². The minimum Gasteiger partial charge on any atom is -0.504 e. The standard InChI is InChI=1S/C15H16N4O4/c1-8-12(14(21)23-3)13(19-15(18-8)16-7-17-19)9-4-5-10(20)11(6-9)22-2/h4-7,13,20H,1-3H3,(H,16,17,18)/t13-/m0/s1. The lowest BCUT2D eigenvalue weighted by molar-refractivity contribution is -0.136. The van der Waals surface area contributed by atoms with E-state index in [1.54, 1.807) is 23.7 Å². The number of allylic oxidation sites excluding steroid dienone is 1. The number of anilines is 1. The topological polar surface area (TPSA) is 98.5 Å². The van der Waals surface area contributed by atoms with Crippen molar-refractivity contribution in [2.24, 2.45) is 0 Å². The van der Waals surface area contributed by atoms with Gasteiger partial charge in [-0.2, -0.15) is 10.1 Å². The number of nitrogens with one attached hydrogen (secondary N) is 1. The maximum atomic E-state index is 12.3. The fourth-order valence-electron chi connectivity index (χ4n) is 2.64. The van der Waals surface area contributed by atoms with Gasteiger partial charge in [0.05, 0.1) is 19.8 Å². The van der Waals surface area contributed by atoms with Crippen molar-refractivity contribution in [3.05, 3.63) is 41.4 Å². The molecular formula is C15H16N4O4. The molecule has 0 fully saturated rings. The number of carbonyl (C=O) groups excluding carboxylic acids is 1. The second-order valence-electron chi connectivity index (χ2n) is 5.02. The van der Waals surface area contributed by atoms with E-state index in [-0.39, 0.29) is 5.75 Å². The minimum absolute atomic E-state index is 0.0179. The van der Waals surface area contributed by atoms with Crippen molar-refractivity contribution in [3.8, 4) is 11.5 Å². The highest BCUT2D eigenvalue weighted by molar-refractivity contribution is 5.92. The molecule has 0 spiro atoms. The zero-order chi connectivity index (χ0) is 16.6. The van der Waals surface area contributed by atoms with E-state index in [1.807, 2.05) is 0 Å². The molecule has 0 aliphatic carbocycles. The number of esters is 1. The van der Waals surface area contributed by atoms with Crippen LogP contribution in [0.3, 0.4) is 0 Å². The highest BCUT2D eigenvalue weighted by Crippen LogP contribution is 2.38. The maximum Gasteiger partial charge on any atom is 0.338 e. The molecule has 0 saturated heterocycles. The van der Waals surface area contributed by atoms with Crippen molar-refractivity contribution >= 4 is 11.9 Å². The van der Waals surface area contributed by atoms with E-state index in [2.05, 4.69) is 15.4 Å². The largest absolute Gasteiger partial charge is 0.504 e. The molecular weight excluding hydrogens is 300 g/mol. The summed E-state index contributed by atoms with van der Waals surface area (Å²) in [5.41, 5.74) is 1.76. The summed E-state index contributed by atoms with van der Waals surface area (Å²) in [6.45, 7) is 1.77. The lowest BCUT2D eigenvalue weighted by atomic mass is 9.95. The number of ether oxygens (including phenoxy) is 2. The fourth-order valence-corrected chi connectivity index (χ4v) is 2.64. The summed E-state index contributed by atoms with van der Waals surface area (Å²) in [5, 5.41) is 17.0. The van der Waals surface area contributed by atoms with Crippen LogP contribution in [0.2, 0.25) is 0 Å². The number of carbonyl (C=O) groups is 1. The van der Waals surface area contributed by atoms with Gasteiger partial charge in [0, 0.05) is 5.70 Å². The van der Waals surface area contributed by atoms with Gasteiger partial charge in [0.1, 0.15) is 12.4 Å². The van der Waals surface area contributed by atoms with Gasteiger partial charge in [0.2, 0.25) is 5.95 Å². The van der Waals surface area contributed by atoms with Crippen LogP contribution in [0.1, 0.15) is 18.5 Å². The Kier molecular flexibility index (Phi) is 3.65. The van der Waals surface area contributed by atoms with Gasteiger partial charge in [-0.1, -0.05) is 6.07 Å². The number of hydrogen-bond donors (Lipinski definition) is 2. The number of nitrogens with zero attached hydrogens (tertiary/aromatic N) is 3. The first-order valence-electron chi connectivity index (χ1n) is 6.89. The first-order valence-corrected chi connectivity index (χ1v) is 6.89. The molecule has 0 radical (unpaired) electrons. The van der Waals surface area contributed by atoms with Gasteiger partial charge in [0.15, 0.2) is 11.5 Å². The summed E-state index contributed by atoms with van der Waals surface area (Å²) in [7, 11) is 2.79. The number of benzene rings is 1. The van der Waals surface area contributed by atoms with Gasteiger partial charge in [-0.25, -0.2) is 9.48 Å². The third-order valence-electron chi connectivity index (χ3n) is 3.72. The molecule has 2 N–H and O–H groups in total. The third kappa shape index (κ3) is 2.37. The third-order valence-corrected chi connectivity index (χ3v) is 3.72. The summed E-state index contributed by atoms with van der Waals surface area (Å²) in [4.78, 5) is 16.4. The summed E-state index contributed by atoms with van der Waals surface area (Å²) < 4.78 is 11.6. The number of phenolic OH excluding ortho intramolecular Hbond substituents is 1. The molecule has 1 aliphatic rings. The Morgan fingerprint density at radius 3 is 2.87 bits per heavy atom. The van der Waals surface area contributed by atoms with Crippen LogP contribution in [-0.4, -0.2) is 40.1 Å². The predicted octanol–water partition coefficient (Wildman–Crippen LogP) is 1.45. The molecule has 1 aromatic heterocycles. The second-order valence-corrected chi connectivity index (χ2v) is 5.02. The highest BCUT2D eigenvalue weighted by atomic mass is 16.5.